The molecule has 3 rings (SSSR count). The molecule has 0 bridgehead atoms. The van der Waals surface area contributed by atoms with Crippen LogP contribution in [-0.2, 0) is 9.53 Å². The molecule has 1 aliphatic rings. The molecule has 2 heterocycles. The number of carboxylic acids is 1. The number of fused-ring (bicyclic) bond motifs is 1. The van der Waals surface area contributed by atoms with Crippen LogP contribution in [0, 0.1) is 10.1 Å². The number of hydrogen-bond acceptors (Lipinski definition) is 7. The fourth-order valence-corrected chi connectivity index (χ4v) is 3.03. The van der Waals surface area contributed by atoms with E-state index in [1.165, 1.54) is 14.0 Å². The normalized spacial score (nSPS) is 17.7. The standard InChI is InChI=1S/C19H18N4O5/c1-11(23(26)27)15-13-5-3-4-6-14(13)16(19(24)25)22-18(28-2)17(15)21-12-7-9-20-10-8-12/h3-10,16,22H,1-2H3,(H,20,21)(H,24,25)/b15-11+/t16-/m1/s1. The quantitative estimate of drug-likeness (QED) is 0.532. The van der Waals surface area contributed by atoms with Crippen molar-refractivity contribution < 1.29 is 19.6 Å². The van der Waals surface area contributed by atoms with Gasteiger partial charge in [0, 0.05) is 25.0 Å². The molecule has 3 N–H and O–H groups in total. The second-order valence-electron chi connectivity index (χ2n) is 5.99. The molecule has 28 heavy (non-hydrogen) atoms. The summed E-state index contributed by atoms with van der Waals surface area (Å²) in [5.74, 6) is -1.05. The van der Waals surface area contributed by atoms with Gasteiger partial charge in [-0.05, 0) is 23.3 Å². The van der Waals surface area contributed by atoms with Crippen LogP contribution in [-0.4, -0.2) is 28.1 Å². The maximum absolute atomic E-state index is 11.9. The van der Waals surface area contributed by atoms with Gasteiger partial charge in [-0.15, -0.1) is 0 Å². The van der Waals surface area contributed by atoms with E-state index < -0.39 is 16.9 Å². The number of nitro groups is 1. The predicted octanol–water partition coefficient (Wildman–Crippen LogP) is 2.75. The molecule has 0 amide bonds. The minimum atomic E-state index is -1.14. The maximum Gasteiger partial charge on any atom is 0.330 e. The van der Waals surface area contributed by atoms with Crippen molar-refractivity contribution in [3.63, 3.8) is 0 Å². The molecule has 1 atom stereocenters. The molecule has 2 aromatic rings. The fraction of sp³-hybridized carbons (Fsp3) is 0.158. The van der Waals surface area contributed by atoms with E-state index in [4.69, 9.17) is 4.74 Å². The molecule has 1 aromatic carbocycles. The number of rotatable bonds is 5. The Balaban J connectivity index is 2.32. The largest absolute Gasteiger partial charge is 0.481 e. The molecule has 9 heteroatoms. The van der Waals surface area contributed by atoms with Crippen LogP contribution in [0.4, 0.5) is 5.69 Å². The lowest BCUT2D eigenvalue weighted by Crippen LogP contribution is -2.29. The van der Waals surface area contributed by atoms with Crippen molar-refractivity contribution in [1.82, 2.24) is 10.3 Å². The number of anilines is 1. The molecule has 1 aliphatic heterocycles. The lowest BCUT2D eigenvalue weighted by Gasteiger charge is -2.18. The van der Waals surface area contributed by atoms with Crippen LogP contribution in [0.5, 0.6) is 0 Å². The minimum absolute atomic E-state index is 0.0802. The Morgan fingerprint density at radius 2 is 1.96 bits per heavy atom. The van der Waals surface area contributed by atoms with Crippen molar-refractivity contribution in [1.29, 1.82) is 0 Å². The molecular weight excluding hydrogens is 364 g/mol. The number of nitrogens with one attached hydrogen (secondary N) is 2. The number of ether oxygens (including phenoxy) is 1. The topological polar surface area (TPSA) is 127 Å². The van der Waals surface area contributed by atoms with Crippen molar-refractivity contribution in [2.75, 3.05) is 12.4 Å². The zero-order chi connectivity index (χ0) is 20.3. The smallest absolute Gasteiger partial charge is 0.330 e. The van der Waals surface area contributed by atoms with Gasteiger partial charge in [0.2, 0.25) is 5.88 Å². The van der Waals surface area contributed by atoms with Crippen LogP contribution in [0.25, 0.3) is 5.57 Å². The van der Waals surface area contributed by atoms with Crippen molar-refractivity contribution in [2.24, 2.45) is 0 Å². The van der Waals surface area contributed by atoms with Gasteiger partial charge in [0.1, 0.15) is 5.70 Å². The summed E-state index contributed by atoms with van der Waals surface area (Å²) in [7, 11) is 1.37. The third kappa shape index (κ3) is 3.50. The number of hydrogen-bond donors (Lipinski definition) is 3. The van der Waals surface area contributed by atoms with Gasteiger partial charge < -0.3 is 20.5 Å². The maximum atomic E-state index is 11.9. The number of carbonyl (C=O) groups is 1. The molecule has 0 saturated carbocycles. The van der Waals surface area contributed by atoms with Crippen LogP contribution in [0.1, 0.15) is 24.1 Å². The van der Waals surface area contributed by atoms with Crippen LogP contribution < -0.4 is 10.6 Å². The van der Waals surface area contributed by atoms with Gasteiger partial charge in [0.25, 0.3) is 5.70 Å². The molecule has 0 fully saturated rings. The highest BCUT2D eigenvalue weighted by atomic mass is 16.6. The monoisotopic (exact) mass is 382 g/mol. The summed E-state index contributed by atoms with van der Waals surface area (Å²) >= 11 is 0. The van der Waals surface area contributed by atoms with E-state index in [1.807, 2.05) is 0 Å². The number of pyridine rings is 1. The first kappa shape index (κ1) is 18.9. The number of carboxylic acid groups (broad SMARTS) is 1. The number of aliphatic carboxylic acids is 1. The number of allylic oxidation sites excluding steroid dienone is 2. The first-order valence-electron chi connectivity index (χ1n) is 8.33. The Labute approximate surface area is 160 Å². The molecule has 0 unspecified atom stereocenters. The van der Waals surface area contributed by atoms with Crippen LogP contribution in [0.3, 0.4) is 0 Å². The van der Waals surface area contributed by atoms with Gasteiger partial charge in [0.15, 0.2) is 6.04 Å². The first-order valence-corrected chi connectivity index (χ1v) is 8.33. The van der Waals surface area contributed by atoms with Gasteiger partial charge >= 0.3 is 5.97 Å². The van der Waals surface area contributed by atoms with E-state index >= 15 is 0 Å². The summed E-state index contributed by atoms with van der Waals surface area (Å²) in [5.41, 5.74) is 1.80. The Morgan fingerprint density at radius 3 is 2.57 bits per heavy atom. The Bertz CT molecular complexity index is 985. The van der Waals surface area contributed by atoms with E-state index in [0.29, 0.717) is 16.8 Å². The van der Waals surface area contributed by atoms with E-state index in [0.717, 1.165) is 0 Å². The third-order valence-electron chi connectivity index (χ3n) is 4.33. The van der Waals surface area contributed by atoms with Crippen molar-refractivity contribution >= 4 is 17.2 Å². The average Bonchev–Trinajstić information content (AvgIpc) is 2.82. The molecular formula is C19H18N4O5. The zero-order valence-corrected chi connectivity index (χ0v) is 15.2. The number of nitrogens with zero attached hydrogens (tertiary/aromatic N) is 2. The first-order chi connectivity index (χ1) is 13.4. The van der Waals surface area contributed by atoms with Crippen LogP contribution in [0.2, 0.25) is 0 Å². The van der Waals surface area contributed by atoms with Crippen molar-refractivity contribution in [3.8, 4) is 0 Å². The predicted molar refractivity (Wildman–Crippen MR) is 101 cm³/mol. The Kier molecular flexibility index (Phi) is 5.25. The molecule has 144 valence electrons. The number of methoxy groups -OCH3 is 1. The highest BCUT2D eigenvalue weighted by molar-refractivity contribution is 5.89. The van der Waals surface area contributed by atoms with E-state index in [-0.39, 0.29) is 22.9 Å². The highest BCUT2D eigenvalue weighted by Crippen LogP contribution is 2.37. The lowest BCUT2D eigenvalue weighted by molar-refractivity contribution is -0.423. The fourth-order valence-electron chi connectivity index (χ4n) is 3.03. The van der Waals surface area contributed by atoms with Crippen LogP contribution >= 0.6 is 0 Å². The highest BCUT2D eigenvalue weighted by Gasteiger charge is 2.34. The number of aromatic nitrogens is 1. The van der Waals surface area contributed by atoms with Gasteiger partial charge in [-0.25, -0.2) is 4.79 Å². The molecule has 0 aliphatic carbocycles. The van der Waals surface area contributed by atoms with E-state index in [9.17, 15) is 20.0 Å². The Hall–Kier alpha value is -3.88. The SMILES string of the molecule is COC1=C(Nc2ccncc2)/C(=C(\C)[N+](=O)[O-])c2ccccc2[C@H](C(=O)O)N1. The molecule has 0 radical (unpaired) electrons. The minimum Gasteiger partial charge on any atom is -0.481 e. The summed E-state index contributed by atoms with van der Waals surface area (Å²) in [6, 6.07) is 8.89. The number of benzene rings is 1. The summed E-state index contributed by atoms with van der Waals surface area (Å²) < 4.78 is 5.40. The summed E-state index contributed by atoms with van der Waals surface area (Å²) in [6.45, 7) is 1.37. The average molecular weight is 382 g/mol. The zero-order valence-electron chi connectivity index (χ0n) is 15.2. The van der Waals surface area contributed by atoms with Crippen molar-refractivity contribution in [3.05, 3.63) is 87.3 Å². The van der Waals surface area contributed by atoms with Gasteiger partial charge in [-0.1, -0.05) is 24.3 Å². The summed E-state index contributed by atoms with van der Waals surface area (Å²) in [5, 5.41) is 27.3. The third-order valence-corrected chi connectivity index (χ3v) is 4.33. The lowest BCUT2D eigenvalue weighted by atomic mass is 9.93. The second-order valence-corrected chi connectivity index (χ2v) is 5.99. The molecule has 1 aromatic heterocycles. The van der Waals surface area contributed by atoms with Gasteiger partial charge in [0.05, 0.1) is 17.6 Å². The molecule has 0 saturated heterocycles. The molecule has 9 nitrogen and oxygen atoms in total. The van der Waals surface area contributed by atoms with E-state index in [1.54, 1.807) is 48.8 Å². The van der Waals surface area contributed by atoms with Gasteiger partial charge in [-0.3, -0.25) is 15.1 Å². The summed E-state index contributed by atoms with van der Waals surface area (Å²) in [4.78, 5) is 27.0. The second kappa shape index (κ2) is 7.78. The van der Waals surface area contributed by atoms with Crippen LogP contribution in [0.15, 0.2) is 66.1 Å². The molecule has 0 spiro atoms. The Morgan fingerprint density at radius 1 is 1.29 bits per heavy atom. The van der Waals surface area contributed by atoms with E-state index in [2.05, 4.69) is 15.6 Å². The summed E-state index contributed by atoms with van der Waals surface area (Å²) in [6.07, 6.45) is 3.13. The van der Waals surface area contributed by atoms with Gasteiger partial charge in [-0.2, -0.15) is 0 Å². The van der Waals surface area contributed by atoms with Crippen molar-refractivity contribution in [2.45, 2.75) is 13.0 Å².